The molecule has 0 aliphatic carbocycles. The number of hydrogen-bond acceptors (Lipinski definition) is 2. The highest BCUT2D eigenvalue weighted by atomic mass is 15.3. The van der Waals surface area contributed by atoms with E-state index in [1.165, 1.54) is 5.56 Å². The molecule has 0 fully saturated rings. The van der Waals surface area contributed by atoms with E-state index in [1.807, 2.05) is 53.2 Å². The average Bonchev–Trinajstić information content (AvgIpc) is 2.89. The van der Waals surface area contributed by atoms with Gasteiger partial charge in [0.05, 0.1) is 5.69 Å². The minimum absolute atomic E-state index is 0.787. The van der Waals surface area contributed by atoms with Crippen molar-refractivity contribution in [3.05, 3.63) is 78.4 Å². The maximum Gasteiger partial charge on any atom is 0.138 e. The summed E-state index contributed by atoms with van der Waals surface area (Å²) in [6, 6.07) is 20.4. The molecule has 3 rings (SSSR count). The van der Waals surface area contributed by atoms with Gasteiger partial charge in [0.2, 0.25) is 0 Å². The standard InChI is InChI=1S/C15H13N3/c1-3-7-13(8-4-1)11-15-16-12-17-18(15)14-9-5-2-6-10-14/h1-10,12H,11H2. The molecule has 0 aliphatic heterocycles. The third kappa shape index (κ3) is 2.15. The topological polar surface area (TPSA) is 30.7 Å². The first-order valence-electron chi connectivity index (χ1n) is 5.92. The second-order valence-electron chi connectivity index (χ2n) is 4.09. The molecule has 88 valence electrons. The van der Waals surface area contributed by atoms with E-state index in [2.05, 4.69) is 22.2 Å². The van der Waals surface area contributed by atoms with Gasteiger partial charge in [0.15, 0.2) is 0 Å². The lowest BCUT2D eigenvalue weighted by Crippen LogP contribution is -2.03. The van der Waals surface area contributed by atoms with Crippen LogP contribution in [-0.4, -0.2) is 14.8 Å². The summed E-state index contributed by atoms with van der Waals surface area (Å²) < 4.78 is 1.88. The molecule has 0 saturated heterocycles. The summed E-state index contributed by atoms with van der Waals surface area (Å²) in [6.45, 7) is 0. The fraction of sp³-hybridized carbons (Fsp3) is 0.0667. The maximum absolute atomic E-state index is 4.34. The van der Waals surface area contributed by atoms with Crippen molar-refractivity contribution >= 4 is 0 Å². The van der Waals surface area contributed by atoms with Crippen molar-refractivity contribution in [1.82, 2.24) is 14.8 Å². The van der Waals surface area contributed by atoms with Crippen LogP contribution in [0.25, 0.3) is 5.69 Å². The van der Waals surface area contributed by atoms with E-state index in [4.69, 9.17) is 0 Å². The number of nitrogens with zero attached hydrogens (tertiary/aromatic N) is 3. The molecular weight excluding hydrogens is 222 g/mol. The lowest BCUT2D eigenvalue weighted by Gasteiger charge is -2.05. The van der Waals surface area contributed by atoms with E-state index in [0.29, 0.717) is 0 Å². The van der Waals surface area contributed by atoms with Crippen LogP contribution in [0.1, 0.15) is 11.4 Å². The van der Waals surface area contributed by atoms with Gasteiger partial charge in [-0.3, -0.25) is 0 Å². The Morgan fingerprint density at radius 1 is 0.833 bits per heavy atom. The SMILES string of the molecule is c1ccc(Cc2ncnn2-c2ccccc2)cc1. The van der Waals surface area contributed by atoms with Gasteiger partial charge in [-0.25, -0.2) is 9.67 Å². The molecule has 0 N–H and O–H groups in total. The van der Waals surface area contributed by atoms with E-state index in [1.54, 1.807) is 6.33 Å². The first-order chi connectivity index (χ1) is 8.93. The second-order valence-corrected chi connectivity index (χ2v) is 4.09. The minimum Gasteiger partial charge on any atom is -0.219 e. The molecular formula is C15H13N3. The molecule has 0 unspecified atom stereocenters. The van der Waals surface area contributed by atoms with Gasteiger partial charge in [0.25, 0.3) is 0 Å². The highest BCUT2D eigenvalue weighted by Gasteiger charge is 2.06. The summed E-state index contributed by atoms with van der Waals surface area (Å²) in [6.07, 6.45) is 2.39. The summed E-state index contributed by atoms with van der Waals surface area (Å²) >= 11 is 0. The summed E-state index contributed by atoms with van der Waals surface area (Å²) in [5.41, 5.74) is 2.28. The molecule has 0 amide bonds. The Hall–Kier alpha value is -2.42. The third-order valence-electron chi connectivity index (χ3n) is 2.82. The smallest absolute Gasteiger partial charge is 0.138 e. The van der Waals surface area contributed by atoms with Crippen LogP contribution in [0.4, 0.5) is 0 Å². The summed E-state index contributed by atoms with van der Waals surface area (Å²) in [5.74, 6) is 0.951. The van der Waals surface area contributed by atoms with Crippen LogP contribution >= 0.6 is 0 Å². The van der Waals surface area contributed by atoms with Gasteiger partial charge in [-0.15, -0.1) is 0 Å². The summed E-state index contributed by atoms with van der Waals surface area (Å²) in [4.78, 5) is 4.34. The fourth-order valence-electron chi connectivity index (χ4n) is 1.95. The zero-order valence-electron chi connectivity index (χ0n) is 9.90. The van der Waals surface area contributed by atoms with Crippen LogP contribution in [0.15, 0.2) is 67.0 Å². The molecule has 0 bridgehead atoms. The Morgan fingerprint density at radius 3 is 2.22 bits per heavy atom. The van der Waals surface area contributed by atoms with Crippen molar-refractivity contribution in [3.63, 3.8) is 0 Å². The van der Waals surface area contributed by atoms with Gasteiger partial charge in [-0.1, -0.05) is 48.5 Å². The summed E-state index contributed by atoms with van der Waals surface area (Å²) in [7, 11) is 0. The predicted octanol–water partition coefficient (Wildman–Crippen LogP) is 2.86. The first-order valence-corrected chi connectivity index (χ1v) is 5.92. The normalized spacial score (nSPS) is 10.4. The number of aromatic nitrogens is 3. The Bertz CT molecular complexity index is 615. The van der Waals surface area contributed by atoms with E-state index in [-0.39, 0.29) is 0 Å². The molecule has 0 saturated carbocycles. The second kappa shape index (κ2) is 4.84. The van der Waals surface area contributed by atoms with E-state index in [9.17, 15) is 0 Å². The number of benzene rings is 2. The van der Waals surface area contributed by atoms with Crippen molar-refractivity contribution in [1.29, 1.82) is 0 Å². The molecule has 2 aromatic carbocycles. The zero-order chi connectivity index (χ0) is 12.2. The fourth-order valence-corrected chi connectivity index (χ4v) is 1.95. The molecule has 3 aromatic rings. The number of rotatable bonds is 3. The van der Waals surface area contributed by atoms with Crippen LogP contribution in [-0.2, 0) is 6.42 Å². The molecule has 3 nitrogen and oxygen atoms in total. The zero-order valence-corrected chi connectivity index (χ0v) is 9.90. The van der Waals surface area contributed by atoms with Gasteiger partial charge in [0, 0.05) is 6.42 Å². The van der Waals surface area contributed by atoms with Crippen LogP contribution in [0.2, 0.25) is 0 Å². The largest absolute Gasteiger partial charge is 0.219 e. The van der Waals surface area contributed by atoms with Crippen LogP contribution < -0.4 is 0 Å². The van der Waals surface area contributed by atoms with Crippen molar-refractivity contribution in [2.24, 2.45) is 0 Å². The van der Waals surface area contributed by atoms with Crippen molar-refractivity contribution in [3.8, 4) is 5.69 Å². The van der Waals surface area contributed by atoms with E-state index in [0.717, 1.165) is 17.9 Å². The Labute approximate surface area is 106 Å². The highest BCUT2D eigenvalue weighted by Crippen LogP contribution is 2.11. The summed E-state index contributed by atoms with van der Waals surface area (Å²) in [5, 5.41) is 4.29. The molecule has 0 spiro atoms. The highest BCUT2D eigenvalue weighted by molar-refractivity contribution is 5.32. The van der Waals surface area contributed by atoms with Crippen molar-refractivity contribution in [2.75, 3.05) is 0 Å². The molecule has 0 aliphatic rings. The van der Waals surface area contributed by atoms with Crippen LogP contribution in [0.3, 0.4) is 0 Å². The van der Waals surface area contributed by atoms with Gasteiger partial charge >= 0.3 is 0 Å². The molecule has 3 heteroatoms. The lowest BCUT2D eigenvalue weighted by atomic mass is 10.1. The number of hydrogen-bond donors (Lipinski definition) is 0. The quantitative estimate of drug-likeness (QED) is 0.699. The van der Waals surface area contributed by atoms with Crippen LogP contribution in [0, 0.1) is 0 Å². The van der Waals surface area contributed by atoms with Crippen LogP contribution in [0.5, 0.6) is 0 Å². The third-order valence-corrected chi connectivity index (χ3v) is 2.82. The lowest BCUT2D eigenvalue weighted by molar-refractivity contribution is 0.813. The molecule has 0 atom stereocenters. The van der Waals surface area contributed by atoms with E-state index >= 15 is 0 Å². The van der Waals surface area contributed by atoms with Gasteiger partial charge in [0.1, 0.15) is 12.2 Å². The van der Waals surface area contributed by atoms with Gasteiger partial charge in [-0.2, -0.15) is 5.10 Å². The Balaban J connectivity index is 1.93. The van der Waals surface area contributed by atoms with Crippen molar-refractivity contribution in [2.45, 2.75) is 6.42 Å². The molecule has 1 aromatic heterocycles. The molecule has 0 radical (unpaired) electrons. The van der Waals surface area contributed by atoms with Gasteiger partial charge < -0.3 is 0 Å². The maximum atomic E-state index is 4.34. The monoisotopic (exact) mass is 235 g/mol. The number of para-hydroxylation sites is 1. The molecule has 18 heavy (non-hydrogen) atoms. The van der Waals surface area contributed by atoms with Gasteiger partial charge in [-0.05, 0) is 17.7 Å². The Morgan fingerprint density at radius 2 is 1.50 bits per heavy atom. The predicted molar refractivity (Wildman–Crippen MR) is 70.6 cm³/mol. The van der Waals surface area contributed by atoms with E-state index < -0.39 is 0 Å². The average molecular weight is 235 g/mol. The first kappa shape index (κ1) is 10.7. The molecule has 1 heterocycles. The van der Waals surface area contributed by atoms with Crippen molar-refractivity contribution < 1.29 is 0 Å². The Kier molecular flexibility index (Phi) is 2.88. The minimum atomic E-state index is 0.787.